The number of hydrogen-bond donors (Lipinski definition) is 0. The first kappa shape index (κ1) is 13.2. The molecule has 5 nitrogen and oxygen atoms in total. The second-order valence-electron chi connectivity index (χ2n) is 4.41. The van der Waals surface area contributed by atoms with Crippen molar-refractivity contribution in [3.63, 3.8) is 0 Å². The summed E-state index contributed by atoms with van der Waals surface area (Å²) in [7, 11) is 0.203. The number of halogens is 3. The highest BCUT2D eigenvalue weighted by Gasteiger charge is 2.64. The molecular weight excluding hydrogens is 254 g/mol. The molecule has 1 saturated carbocycles. The van der Waals surface area contributed by atoms with Crippen molar-refractivity contribution >= 4 is 19.0 Å². The predicted octanol–water partition coefficient (Wildman–Crippen LogP) is 0.459. The summed E-state index contributed by atoms with van der Waals surface area (Å²) in [5.74, 6) is -3.45. The summed E-state index contributed by atoms with van der Waals surface area (Å²) < 4.78 is 46.6. The average Bonchev–Trinajstić information content (AvgIpc) is 2.98. The number of ether oxygens (including phenoxy) is 1. The molecule has 0 aromatic carbocycles. The number of nitrogens with zero attached hydrogens (tertiary/aromatic N) is 1. The van der Waals surface area contributed by atoms with Crippen LogP contribution in [0.25, 0.3) is 0 Å². The Morgan fingerprint density at radius 1 is 1.61 bits per heavy atom. The van der Waals surface area contributed by atoms with E-state index in [1.807, 2.05) is 0 Å². The highest BCUT2D eigenvalue weighted by Crippen LogP contribution is 2.57. The van der Waals surface area contributed by atoms with Crippen molar-refractivity contribution in [2.24, 2.45) is 5.92 Å². The smallest absolute Gasteiger partial charge is 0.456 e. The van der Waals surface area contributed by atoms with Gasteiger partial charge in [-0.15, -0.1) is 0 Å². The van der Waals surface area contributed by atoms with Crippen LogP contribution in [-0.2, 0) is 19.0 Å². The third-order valence-corrected chi connectivity index (χ3v) is 3.13. The minimum atomic E-state index is -4.28. The summed E-state index contributed by atoms with van der Waals surface area (Å²) in [5, 5.41) is 0. The number of carbonyl (C=O) groups is 2. The van der Waals surface area contributed by atoms with E-state index in [-0.39, 0.29) is 19.5 Å². The van der Waals surface area contributed by atoms with Crippen LogP contribution < -0.4 is 0 Å². The Labute approximate surface area is 101 Å². The molecule has 9 heteroatoms. The molecule has 2 aliphatic rings. The number of methoxy groups -OCH3 is 1. The zero-order chi connectivity index (χ0) is 13.5. The van der Waals surface area contributed by atoms with Crippen molar-refractivity contribution in [3.05, 3.63) is 0 Å². The predicted molar refractivity (Wildman–Crippen MR) is 53.3 cm³/mol. The van der Waals surface area contributed by atoms with Gasteiger partial charge < -0.3 is 9.39 Å². The van der Waals surface area contributed by atoms with Crippen molar-refractivity contribution in [2.45, 2.75) is 18.4 Å². The molecule has 18 heavy (non-hydrogen) atoms. The molecule has 0 amide bonds. The van der Waals surface area contributed by atoms with Crippen LogP contribution in [0.5, 0.6) is 0 Å². The van der Waals surface area contributed by atoms with Gasteiger partial charge in [0.2, 0.25) is 0 Å². The molecule has 2 atom stereocenters. The van der Waals surface area contributed by atoms with Crippen molar-refractivity contribution < 1.29 is 32.2 Å². The second-order valence-corrected chi connectivity index (χ2v) is 4.41. The lowest BCUT2D eigenvalue weighted by atomic mass is 9.73. The third kappa shape index (κ3) is 2.60. The van der Waals surface area contributed by atoms with Gasteiger partial charge in [-0.3, -0.25) is 14.4 Å². The molecular formula is C9H11BF3NO4. The Morgan fingerprint density at radius 2 is 2.28 bits per heavy atom. The Bertz CT molecular complexity index is 375. The second kappa shape index (κ2) is 4.45. The lowest BCUT2D eigenvalue weighted by Crippen LogP contribution is -2.40. The lowest BCUT2D eigenvalue weighted by Gasteiger charge is -2.16. The summed E-state index contributed by atoms with van der Waals surface area (Å²) in [6.07, 6.45) is -4.35. The highest BCUT2D eigenvalue weighted by molar-refractivity contribution is 6.56. The molecule has 100 valence electrons. The molecule has 0 aromatic rings. The maximum absolute atomic E-state index is 12.4. The number of alkyl halides is 3. The first-order valence-electron chi connectivity index (χ1n) is 5.40. The van der Waals surface area contributed by atoms with Gasteiger partial charge in [-0.25, -0.2) is 0 Å². The standard InChI is InChI=1S/C9H11BF3NO4/c1-17-7(15)3-14-4-8(16)18-10(14)6-2-5(6)9(11,12)13/h5-6H,2-4H2,1H3/t5-,6-/m1/s1. The maximum atomic E-state index is 12.4. The number of carbonyl (C=O) groups excluding carboxylic acids is 2. The Balaban J connectivity index is 1.99. The molecule has 0 unspecified atom stereocenters. The van der Waals surface area contributed by atoms with Crippen LogP contribution in [0, 0.1) is 5.92 Å². The fraction of sp³-hybridized carbons (Fsp3) is 0.778. The lowest BCUT2D eigenvalue weighted by molar-refractivity contribution is -0.147. The molecule has 1 aliphatic carbocycles. The fourth-order valence-corrected chi connectivity index (χ4v) is 2.14. The van der Waals surface area contributed by atoms with E-state index in [0.717, 1.165) is 0 Å². The Kier molecular flexibility index (Phi) is 3.26. The molecule has 0 aromatic heterocycles. The molecule has 0 radical (unpaired) electrons. The van der Waals surface area contributed by atoms with Crippen molar-refractivity contribution in [1.29, 1.82) is 0 Å². The van der Waals surface area contributed by atoms with E-state index in [4.69, 9.17) is 4.65 Å². The first-order valence-corrected chi connectivity index (χ1v) is 5.40. The topological polar surface area (TPSA) is 55.8 Å². The van der Waals surface area contributed by atoms with Crippen molar-refractivity contribution in [1.82, 2.24) is 4.81 Å². The third-order valence-electron chi connectivity index (χ3n) is 3.13. The fourth-order valence-electron chi connectivity index (χ4n) is 2.14. The van der Waals surface area contributed by atoms with Gasteiger partial charge in [-0.05, 0) is 6.42 Å². The normalized spacial score (nSPS) is 28.2. The van der Waals surface area contributed by atoms with E-state index in [9.17, 15) is 22.8 Å². The maximum Gasteiger partial charge on any atom is 0.456 e. The molecule has 1 aliphatic heterocycles. The summed E-state index contributed by atoms with van der Waals surface area (Å²) in [6.45, 7) is -0.422. The van der Waals surface area contributed by atoms with Gasteiger partial charge in [0, 0.05) is 5.82 Å². The summed E-state index contributed by atoms with van der Waals surface area (Å²) in [4.78, 5) is 23.5. The van der Waals surface area contributed by atoms with Gasteiger partial charge in [-0.2, -0.15) is 13.2 Å². The van der Waals surface area contributed by atoms with E-state index in [1.165, 1.54) is 11.9 Å². The van der Waals surface area contributed by atoms with E-state index < -0.39 is 36.9 Å². The van der Waals surface area contributed by atoms with Crippen LogP contribution in [-0.4, -0.2) is 50.2 Å². The van der Waals surface area contributed by atoms with Crippen molar-refractivity contribution in [2.75, 3.05) is 20.2 Å². The van der Waals surface area contributed by atoms with E-state index in [2.05, 4.69) is 4.74 Å². The SMILES string of the molecule is COC(=O)CN1CC(=O)OB1[C@@H]1C[C@H]1C(F)(F)F. The number of hydrogen-bond acceptors (Lipinski definition) is 5. The van der Waals surface area contributed by atoms with E-state index in [1.54, 1.807) is 0 Å². The Morgan fingerprint density at radius 3 is 2.78 bits per heavy atom. The van der Waals surface area contributed by atoms with Gasteiger partial charge in [0.15, 0.2) is 0 Å². The molecule has 0 N–H and O–H groups in total. The number of esters is 1. The van der Waals surface area contributed by atoms with Crippen molar-refractivity contribution in [3.8, 4) is 0 Å². The minimum absolute atomic E-state index is 0.0703. The minimum Gasteiger partial charge on any atom is -0.519 e. The van der Waals surface area contributed by atoms with Gasteiger partial charge in [0.1, 0.15) is 0 Å². The van der Waals surface area contributed by atoms with Gasteiger partial charge in [-0.1, -0.05) is 0 Å². The van der Waals surface area contributed by atoms with Crippen LogP contribution in [0.15, 0.2) is 0 Å². The van der Waals surface area contributed by atoms with Crippen LogP contribution >= 0.6 is 0 Å². The monoisotopic (exact) mass is 265 g/mol. The van der Waals surface area contributed by atoms with Crippen LogP contribution in [0.1, 0.15) is 6.42 Å². The largest absolute Gasteiger partial charge is 0.519 e. The zero-order valence-electron chi connectivity index (χ0n) is 9.57. The zero-order valence-corrected chi connectivity index (χ0v) is 9.57. The van der Waals surface area contributed by atoms with Gasteiger partial charge >= 0.3 is 25.2 Å². The highest BCUT2D eigenvalue weighted by atomic mass is 19.4. The molecule has 2 rings (SSSR count). The van der Waals surface area contributed by atoms with Gasteiger partial charge in [0.25, 0.3) is 0 Å². The Hall–Kier alpha value is -1.25. The summed E-state index contributed by atoms with van der Waals surface area (Å²) in [5.41, 5.74) is 0. The quantitative estimate of drug-likeness (QED) is 0.548. The molecule has 0 bridgehead atoms. The molecule has 2 fully saturated rings. The summed E-state index contributed by atoms with van der Waals surface area (Å²) >= 11 is 0. The summed E-state index contributed by atoms with van der Waals surface area (Å²) in [6, 6.07) is 0. The number of rotatable bonds is 3. The van der Waals surface area contributed by atoms with Crippen LogP contribution in [0.3, 0.4) is 0 Å². The molecule has 0 spiro atoms. The molecule has 1 saturated heterocycles. The van der Waals surface area contributed by atoms with Crippen LogP contribution in [0.4, 0.5) is 13.2 Å². The molecule has 1 heterocycles. The van der Waals surface area contributed by atoms with E-state index in [0.29, 0.717) is 0 Å². The van der Waals surface area contributed by atoms with Gasteiger partial charge in [0.05, 0.1) is 26.1 Å². The first-order chi connectivity index (χ1) is 8.32. The van der Waals surface area contributed by atoms with E-state index >= 15 is 0 Å². The average molecular weight is 265 g/mol. The van der Waals surface area contributed by atoms with Crippen LogP contribution in [0.2, 0.25) is 5.82 Å².